The minimum absolute atomic E-state index is 0.0188. The molecule has 3 aromatic heterocycles. The molecule has 298 valence electrons. The summed E-state index contributed by atoms with van der Waals surface area (Å²) < 4.78 is 4.90. The zero-order chi connectivity index (χ0) is 41.5. The highest BCUT2D eigenvalue weighted by molar-refractivity contribution is 8.04. The summed E-state index contributed by atoms with van der Waals surface area (Å²) in [6.07, 6.45) is 12.5. The summed E-state index contributed by atoms with van der Waals surface area (Å²) in [6.45, 7) is 9.51. The number of hydrogen-bond acceptors (Lipinski definition) is 5. The van der Waals surface area contributed by atoms with Crippen molar-refractivity contribution in [3.8, 4) is 39.6 Å². The Bertz CT molecular complexity index is 3540. The van der Waals surface area contributed by atoms with Crippen LogP contribution < -0.4 is 0 Å². The molecular weight excluding hydrogens is 793 g/mol. The third kappa shape index (κ3) is 5.05. The number of thiophene rings is 1. The number of aromatic nitrogens is 4. The molecule has 3 atom stereocenters. The molecule has 6 heteroatoms. The molecule has 0 fully saturated rings. The van der Waals surface area contributed by atoms with Gasteiger partial charge in [-0.25, -0.2) is 15.0 Å². The van der Waals surface area contributed by atoms with E-state index in [9.17, 15) is 0 Å². The Balaban J connectivity index is 0.983. The summed E-state index contributed by atoms with van der Waals surface area (Å²) in [5.41, 5.74) is 13.6. The standard InChI is InChI=1S/C56H42N4S2/c1-32-24-26-39(51-49(32)56(4)28-13-12-23-48(56)62-51)54-58-52(33-15-6-5-7-16-33)57-53(59-54)38-20-14-19-37-42-29-34(25-27-47(42)61-50(37)38)60-45-22-11-9-18-36(45)41-30-40-35-17-8-10-21-43(35)55(2,3)44(40)31-46(41)60/h5-23,25-32,48H,24H2,1-4H3. The van der Waals surface area contributed by atoms with Crippen molar-refractivity contribution in [1.82, 2.24) is 19.5 Å². The molecular formula is C56H42N4S2. The van der Waals surface area contributed by atoms with Crippen molar-refractivity contribution < 1.29 is 0 Å². The molecule has 0 bridgehead atoms. The van der Waals surface area contributed by atoms with Crippen LogP contribution in [0.1, 0.15) is 51.1 Å². The van der Waals surface area contributed by atoms with E-state index in [1.807, 2.05) is 29.2 Å². The van der Waals surface area contributed by atoms with E-state index in [0.29, 0.717) is 22.8 Å². The molecule has 6 aromatic carbocycles. The van der Waals surface area contributed by atoms with Crippen molar-refractivity contribution >= 4 is 70.6 Å². The summed E-state index contributed by atoms with van der Waals surface area (Å²) in [5.74, 6) is 2.61. The number of rotatable bonds is 4. The second-order valence-corrected chi connectivity index (χ2v) is 20.3. The van der Waals surface area contributed by atoms with Gasteiger partial charge in [0.05, 0.1) is 11.0 Å². The van der Waals surface area contributed by atoms with Gasteiger partial charge >= 0.3 is 0 Å². The summed E-state index contributed by atoms with van der Waals surface area (Å²) in [6, 6.07) is 46.7. The highest BCUT2D eigenvalue weighted by Gasteiger charge is 2.47. The van der Waals surface area contributed by atoms with E-state index in [1.54, 1.807) is 0 Å². The van der Waals surface area contributed by atoms with E-state index in [4.69, 9.17) is 15.0 Å². The molecule has 0 saturated heterocycles. The predicted octanol–water partition coefficient (Wildman–Crippen LogP) is 14.9. The zero-order valence-corrected chi connectivity index (χ0v) is 36.6. The fourth-order valence-electron chi connectivity index (χ4n) is 11.1. The first kappa shape index (κ1) is 36.3. The van der Waals surface area contributed by atoms with Crippen LogP contribution in [0.2, 0.25) is 0 Å². The van der Waals surface area contributed by atoms with Crippen LogP contribution in [0.3, 0.4) is 0 Å². The molecule has 1 aliphatic heterocycles. The lowest BCUT2D eigenvalue weighted by molar-refractivity contribution is 0.464. The number of allylic oxidation sites excluding steroid dienone is 6. The Labute approximate surface area is 369 Å². The number of nitrogens with zero attached hydrogens (tertiary/aromatic N) is 4. The Hall–Kier alpha value is -6.34. The first-order valence-corrected chi connectivity index (χ1v) is 23.4. The third-order valence-corrected chi connectivity index (χ3v) is 17.0. The summed E-state index contributed by atoms with van der Waals surface area (Å²) in [4.78, 5) is 17.3. The molecule has 0 amide bonds. The van der Waals surface area contributed by atoms with E-state index in [-0.39, 0.29) is 10.8 Å². The van der Waals surface area contributed by atoms with E-state index in [1.165, 1.54) is 74.7 Å². The number of thioether (sulfide) groups is 1. The fourth-order valence-corrected chi connectivity index (χ4v) is 14.0. The van der Waals surface area contributed by atoms with Gasteiger partial charge < -0.3 is 4.57 Å². The predicted molar refractivity (Wildman–Crippen MR) is 262 cm³/mol. The normalized spacial score (nSPS) is 20.9. The van der Waals surface area contributed by atoms with Gasteiger partial charge in [0.25, 0.3) is 0 Å². The van der Waals surface area contributed by atoms with Crippen molar-refractivity contribution in [2.75, 3.05) is 0 Å². The first-order valence-electron chi connectivity index (χ1n) is 21.7. The van der Waals surface area contributed by atoms with Gasteiger partial charge in [0, 0.05) is 74.3 Å². The van der Waals surface area contributed by atoms with Gasteiger partial charge in [0.2, 0.25) is 0 Å². The van der Waals surface area contributed by atoms with Crippen LogP contribution in [0.5, 0.6) is 0 Å². The van der Waals surface area contributed by atoms with Gasteiger partial charge in [-0.3, -0.25) is 0 Å². The highest BCUT2D eigenvalue weighted by atomic mass is 32.2. The topological polar surface area (TPSA) is 43.6 Å². The molecule has 13 rings (SSSR count). The van der Waals surface area contributed by atoms with Crippen molar-refractivity contribution in [3.63, 3.8) is 0 Å². The second-order valence-electron chi connectivity index (χ2n) is 18.1. The van der Waals surface area contributed by atoms with Gasteiger partial charge in [0.1, 0.15) is 0 Å². The lowest BCUT2D eigenvalue weighted by Crippen LogP contribution is -2.29. The summed E-state index contributed by atoms with van der Waals surface area (Å²) in [5, 5.41) is 5.36. The number of fused-ring (bicyclic) bond motifs is 11. The average Bonchev–Trinajstić information content (AvgIpc) is 4.01. The van der Waals surface area contributed by atoms with Crippen molar-refractivity contribution in [1.29, 1.82) is 0 Å². The van der Waals surface area contributed by atoms with Crippen LogP contribution in [-0.4, -0.2) is 24.8 Å². The molecule has 3 aliphatic carbocycles. The summed E-state index contributed by atoms with van der Waals surface area (Å²) in [7, 11) is 0. The van der Waals surface area contributed by atoms with Crippen molar-refractivity contribution in [2.24, 2.45) is 11.3 Å². The third-order valence-electron chi connectivity index (χ3n) is 14.2. The van der Waals surface area contributed by atoms with Crippen LogP contribution in [0.25, 0.3) is 87.1 Å². The molecule has 3 unspecified atom stereocenters. The highest BCUT2D eigenvalue weighted by Crippen LogP contribution is 2.61. The Morgan fingerprint density at radius 3 is 2.31 bits per heavy atom. The molecule has 4 heterocycles. The minimum Gasteiger partial charge on any atom is -0.309 e. The van der Waals surface area contributed by atoms with Crippen LogP contribution in [-0.2, 0) is 5.41 Å². The number of hydrogen-bond donors (Lipinski definition) is 0. The summed E-state index contributed by atoms with van der Waals surface area (Å²) >= 11 is 3.79. The molecule has 0 saturated carbocycles. The fraction of sp³-hybridized carbons (Fsp3) is 0.161. The zero-order valence-electron chi connectivity index (χ0n) is 35.0. The molecule has 4 aliphatic rings. The monoisotopic (exact) mass is 834 g/mol. The second kappa shape index (κ2) is 13.1. The van der Waals surface area contributed by atoms with Gasteiger partial charge in [-0.05, 0) is 82.6 Å². The maximum absolute atomic E-state index is 5.41. The molecule has 0 N–H and O–H groups in total. The van der Waals surface area contributed by atoms with Crippen LogP contribution in [0, 0.1) is 11.3 Å². The van der Waals surface area contributed by atoms with Crippen LogP contribution >= 0.6 is 23.1 Å². The van der Waals surface area contributed by atoms with Gasteiger partial charge in [-0.15, -0.1) is 23.1 Å². The Morgan fingerprint density at radius 1 is 0.629 bits per heavy atom. The molecule has 0 radical (unpaired) electrons. The minimum atomic E-state index is -0.0903. The average molecular weight is 835 g/mol. The van der Waals surface area contributed by atoms with E-state index >= 15 is 0 Å². The lowest BCUT2D eigenvalue weighted by atomic mass is 9.69. The quantitative estimate of drug-likeness (QED) is 0.177. The van der Waals surface area contributed by atoms with Crippen molar-refractivity contribution in [3.05, 3.63) is 185 Å². The molecule has 4 nitrogen and oxygen atoms in total. The lowest BCUT2D eigenvalue weighted by Gasteiger charge is -2.34. The maximum Gasteiger partial charge on any atom is 0.165 e. The Morgan fingerprint density at radius 2 is 1.40 bits per heavy atom. The number of para-hydroxylation sites is 1. The van der Waals surface area contributed by atoms with E-state index in [0.717, 1.165) is 34.6 Å². The van der Waals surface area contributed by atoms with Gasteiger partial charge in [-0.1, -0.05) is 143 Å². The largest absolute Gasteiger partial charge is 0.309 e. The van der Waals surface area contributed by atoms with Crippen molar-refractivity contribution in [2.45, 2.75) is 44.8 Å². The molecule has 9 aromatic rings. The number of benzene rings is 6. The maximum atomic E-state index is 5.41. The molecule has 0 spiro atoms. The van der Waals surface area contributed by atoms with Gasteiger partial charge in [-0.2, -0.15) is 0 Å². The van der Waals surface area contributed by atoms with E-state index in [2.05, 4.69) is 184 Å². The molecule has 62 heavy (non-hydrogen) atoms. The first-order chi connectivity index (χ1) is 30.3. The van der Waals surface area contributed by atoms with Gasteiger partial charge in [0.15, 0.2) is 17.5 Å². The van der Waals surface area contributed by atoms with E-state index < -0.39 is 0 Å². The SMILES string of the molecule is CC1CC=C(c2nc(-c3ccccc3)nc(-c3cccc4c3sc3ccc(-n5c6ccccc6c6cc7c(cc65)C(C)(C)c5ccccc5-7)cc34)n2)C2=C1C1(C)C=CC=CC1S2. The van der Waals surface area contributed by atoms with Crippen LogP contribution in [0.4, 0.5) is 0 Å². The van der Waals surface area contributed by atoms with Crippen LogP contribution in [0.15, 0.2) is 168 Å². The smallest absolute Gasteiger partial charge is 0.165 e. The Kier molecular flexibility index (Phi) is 7.67.